The molecule has 1 fully saturated rings. The van der Waals surface area contributed by atoms with Crippen LogP contribution in [0.2, 0.25) is 5.02 Å². The first kappa shape index (κ1) is 10.8. The van der Waals surface area contributed by atoms with E-state index in [9.17, 15) is 8.78 Å². The maximum atomic E-state index is 12.8. The summed E-state index contributed by atoms with van der Waals surface area (Å²) in [6, 6.07) is 4.53. The van der Waals surface area contributed by atoms with E-state index in [-0.39, 0.29) is 11.0 Å². The van der Waals surface area contributed by atoms with Gasteiger partial charge in [-0.2, -0.15) is 0 Å². The predicted molar refractivity (Wildman–Crippen MR) is 56.4 cm³/mol. The summed E-state index contributed by atoms with van der Waals surface area (Å²) in [7, 11) is 0. The van der Waals surface area contributed by atoms with Gasteiger partial charge in [0.1, 0.15) is 0 Å². The first-order valence-electron chi connectivity index (χ1n) is 4.87. The smallest absolute Gasteiger partial charge is 0.264 e. The van der Waals surface area contributed by atoms with Crippen LogP contribution in [0, 0.1) is 0 Å². The van der Waals surface area contributed by atoms with Crippen LogP contribution in [0.3, 0.4) is 0 Å². The topological polar surface area (TPSA) is 26.0 Å². The SMILES string of the molecule is NCC1(c2cc(Cl)ccc2C(F)F)CC1. The Kier molecular flexibility index (Phi) is 2.69. The van der Waals surface area contributed by atoms with Crippen molar-refractivity contribution >= 4 is 11.6 Å². The molecule has 0 atom stereocenters. The minimum Gasteiger partial charge on any atom is -0.330 e. The van der Waals surface area contributed by atoms with E-state index in [1.54, 1.807) is 6.07 Å². The van der Waals surface area contributed by atoms with Crippen molar-refractivity contribution in [1.82, 2.24) is 0 Å². The molecule has 2 rings (SSSR count). The average Bonchev–Trinajstić information content (AvgIpc) is 2.97. The summed E-state index contributed by atoms with van der Waals surface area (Å²) >= 11 is 5.83. The summed E-state index contributed by atoms with van der Waals surface area (Å²) in [6.45, 7) is 0.410. The number of halogens is 3. The molecule has 0 heterocycles. The Balaban J connectivity index is 2.48. The van der Waals surface area contributed by atoms with E-state index in [1.165, 1.54) is 12.1 Å². The van der Waals surface area contributed by atoms with Gasteiger partial charge in [0.05, 0.1) is 0 Å². The molecule has 82 valence electrons. The minimum atomic E-state index is -2.46. The van der Waals surface area contributed by atoms with Crippen molar-refractivity contribution in [2.75, 3.05) is 6.54 Å². The number of hydrogen-bond donors (Lipinski definition) is 1. The molecule has 0 saturated heterocycles. The van der Waals surface area contributed by atoms with Crippen LogP contribution >= 0.6 is 11.6 Å². The van der Waals surface area contributed by atoms with E-state index in [2.05, 4.69) is 0 Å². The van der Waals surface area contributed by atoms with Crippen LogP contribution < -0.4 is 5.73 Å². The second kappa shape index (κ2) is 3.72. The molecule has 0 aromatic heterocycles. The molecule has 0 aliphatic heterocycles. The van der Waals surface area contributed by atoms with E-state index >= 15 is 0 Å². The maximum Gasteiger partial charge on any atom is 0.264 e. The van der Waals surface area contributed by atoms with Crippen LogP contribution in [0.25, 0.3) is 0 Å². The minimum absolute atomic E-state index is 0.0716. The highest BCUT2D eigenvalue weighted by Crippen LogP contribution is 2.50. The van der Waals surface area contributed by atoms with Gasteiger partial charge in [-0.05, 0) is 30.5 Å². The Labute approximate surface area is 92.2 Å². The molecule has 4 heteroatoms. The van der Waals surface area contributed by atoms with Crippen molar-refractivity contribution in [2.24, 2.45) is 5.73 Å². The van der Waals surface area contributed by atoms with Crippen molar-refractivity contribution < 1.29 is 8.78 Å². The first-order chi connectivity index (χ1) is 7.09. The molecule has 15 heavy (non-hydrogen) atoms. The molecule has 0 bridgehead atoms. The molecule has 0 unspecified atom stereocenters. The van der Waals surface area contributed by atoms with Crippen LogP contribution in [0.4, 0.5) is 8.78 Å². The summed E-state index contributed by atoms with van der Waals surface area (Å²) in [5, 5.41) is 0.495. The second-order valence-corrected chi connectivity index (χ2v) is 4.45. The lowest BCUT2D eigenvalue weighted by Crippen LogP contribution is -2.21. The highest BCUT2D eigenvalue weighted by atomic mass is 35.5. The molecule has 0 radical (unpaired) electrons. The van der Waals surface area contributed by atoms with E-state index in [0.717, 1.165) is 12.8 Å². The molecule has 1 nitrogen and oxygen atoms in total. The molecule has 1 aliphatic carbocycles. The van der Waals surface area contributed by atoms with Gasteiger partial charge in [0, 0.05) is 22.5 Å². The standard InChI is InChI=1S/C11H12ClF2N/c12-7-1-2-8(10(13)14)9(5-7)11(6-15)3-4-11/h1-2,5,10H,3-4,6,15H2. The molecule has 1 aromatic rings. The monoisotopic (exact) mass is 231 g/mol. The molecule has 1 saturated carbocycles. The lowest BCUT2D eigenvalue weighted by Gasteiger charge is -2.17. The molecule has 1 aliphatic rings. The van der Waals surface area contributed by atoms with E-state index < -0.39 is 6.43 Å². The van der Waals surface area contributed by atoms with Gasteiger partial charge in [-0.15, -0.1) is 0 Å². The van der Waals surface area contributed by atoms with Gasteiger partial charge in [-0.1, -0.05) is 17.7 Å². The van der Waals surface area contributed by atoms with E-state index in [4.69, 9.17) is 17.3 Å². The first-order valence-corrected chi connectivity index (χ1v) is 5.25. The highest BCUT2D eigenvalue weighted by Gasteiger charge is 2.45. The summed E-state index contributed by atoms with van der Waals surface area (Å²) in [5.74, 6) is 0. The van der Waals surface area contributed by atoms with Crippen molar-refractivity contribution in [3.8, 4) is 0 Å². The zero-order chi connectivity index (χ0) is 11.1. The summed E-state index contributed by atoms with van der Waals surface area (Å²) in [5.41, 5.74) is 6.10. The molecular weight excluding hydrogens is 220 g/mol. The van der Waals surface area contributed by atoms with Crippen LogP contribution in [0.5, 0.6) is 0 Å². The van der Waals surface area contributed by atoms with Crippen LogP contribution in [0.15, 0.2) is 18.2 Å². The normalized spacial score (nSPS) is 18.2. The fourth-order valence-corrected chi connectivity index (χ4v) is 2.08. The van der Waals surface area contributed by atoms with Crippen molar-refractivity contribution in [3.05, 3.63) is 34.3 Å². The van der Waals surface area contributed by atoms with Crippen molar-refractivity contribution in [1.29, 1.82) is 0 Å². The van der Waals surface area contributed by atoms with Crippen molar-refractivity contribution in [2.45, 2.75) is 24.7 Å². The number of alkyl halides is 2. The molecular formula is C11H12ClF2N. The number of hydrogen-bond acceptors (Lipinski definition) is 1. The number of nitrogens with two attached hydrogens (primary N) is 1. The third kappa shape index (κ3) is 1.86. The van der Waals surface area contributed by atoms with E-state index in [0.29, 0.717) is 17.1 Å². The van der Waals surface area contributed by atoms with Gasteiger partial charge in [-0.25, -0.2) is 8.78 Å². The summed E-state index contributed by atoms with van der Waals surface area (Å²) in [6.07, 6.45) is -0.700. The van der Waals surface area contributed by atoms with Gasteiger partial charge in [-0.3, -0.25) is 0 Å². The Morgan fingerprint density at radius 2 is 2.07 bits per heavy atom. The molecule has 2 N–H and O–H groups in total. The fraction of sp³-hybridized carbons (Fsp3) is 0.455. The lowest BCUT2D eigenvalue weighted by molar-refractivity contribution is 0.149. The summed E-state index contributed by atoms with van der Waals surface area (Å²) < 4.78 is 25.5. The Hall–Kier alpha value is -0.670. The van der Waals surface area contributed by atoms with Gasteiger partial charge in [0.2, 0.25) is 0 Å². The Bertz CT molecular complexity index is 375. The maximum absolute atomic E-state index is 12.8. The van der Waals surface area contributed by atoms with Gasteiger partial charge >= 0.3 is 0 Å². The number of benzene rings is 1. The predicted octanol–water partition coefficient (Wildman–Crippen LogP) is 3.27. The van der Waals surface area contributed by atoms with E-state index in [1.807, 2.05) is 0 Å². The van der Waals surface area contributed by atoms with Gasteiger partial charge in [0.15, 0.2) is 0 Å². The van der Waals surface area contributed by atoms with Crippen LogP contribution in [-0.4, -0.2) is 6.54 Å². The zero-order valence-electron chi connectivity index (χ0n) is 8.14. The van der Waals surface area contributed by atoms with Gasteiger partial charge in [0.25, 0.3) is 6.43 Å². The largest absolute Gasteiger partial charge is 0.330 e. The Morgan fingerprint density at radius 3 is 2.53 bits per heavy atom. The third-order valence-electron chi connectivity index (χ3n) is 3.07. The third-order valence-corrected chi connectivity index (χ3v) is 3.30. The fourth-order valence-electron chi connectivity index (χ4n) is 1.91. The Morgan fingerprint density at radius 1 is 1.40 bits per heavy atom. The average molecular weight is 232 g/mol. The second-order valence-electron chi connectivity index (χ2n) is 4.02. The molecule has 0 spiro atoms. The molecule has 1 aromatic carbocycles. The number of rotatable bonds is 3. The molecule has 0 amide bonds. The lowest BCUT2D eigenvalue weighted by atomic mass is 9.91. The summed E-state index contributed by atoms with van der Waals surface area (Å²) in [4.78, 5) is 0. The zero-order valence-corrected chi connectivity index (χ0v) is 8.90. The quantitative estimate of drug-likeness (QED) is 0.849. The van der Waals surface area contributed by atoms with Crippen LogP contribution in [-0.2, 0) is 5.41 Å². The highest BCUT2D eigenvalue weighted by molar-refractivity contribution is 6.30. The van der Waals surface area contributed by atoms with Gasteiger partial charge < -0.3 is 5.73 Å². The van der Waals surface area contributed by atoms with Crippen LogP contribution in [0.1, 0.15) is 30.4 Å². The van der Waals surface area contributed by atoms with Crippen molar-refractivity contribution in [3.63, 3.8) is 0 Å².